The van der Waals surface area contributed by atoms with Crippen molar-refractivity contribution in [2.75, 3.05) is 6.54 Å². The molecule has 0 aromatic heterocycles. The zero-order chi connectivity index (χ0) is 16.3. The minimum absolute atomic E-state index is 0.00696. The number of hydrogen-bond donors (Lipinski definition) is 0. The Kier molecular flexibility index (Phi) is 5.07. The third kappa shape index (κ3) is 3.59. The molecule has 118 valence electrons. The lowest BCUT2D eigenvalue weighted by Gasteiger charge is -2.27. The summed E-state index contributed by atoms with van der Waals surface area (Å²) in [6, 6.07) is 3.87. The summed E-state index contributed by atoms with van der Waals surface area (Å²) in [5.74, 6) is -1.08. The number of nitrogens with zero attached hydrogens (tertiary/aromatic N) is 2. The molecular formula is C14H15ClN2O5. The molecule has 7 nitrogen and oxygen atoms in total. The number of Topliss-reactive ketones (excluding diaryl/α,β-unsaturated/α-hetero) is 1. The fourth-order valence-corrected chi connectivity index (χ4v) is 3.28. The number of nitro groups is 2. The number of benzene rings is 1. The van der Waals surface area contributed by atoms with Crippen LogP contribution in [0, 0.1) is 26.1 Å². The zero-order valence-corrected chi connectivity index (χ0v) is 12.5. The molecule has 0 N–H and O–H groups in total. The standard InChI is InChI=1S/C14H15ClN2O5/c15-13-7-9(17(21)22)5-6-10(13)12(8-16(19)20)11-3-1-2-4-14(11)18/h5-7,11-12H,1-4,8H2/t11-,12-/m0/s1. The van der Waals surface area contributed by atoms with E-state index in [1.807, 2.05) is 0 Å². The van der Waals surface area contributed by atoms with Gasteiger partial charge in [0.2, 0.25) is 6.54 Å². The summed E-state index contributed by atoms with van der Waals surface area (Å²) in [6.07, 6.45) is 2.65. The van der Waals surface area contributed by atoms with Crippen LogP contribution < -0.4 is 0 Å². The molecule has 8 heteroatoms. The molecule has 0 radical (unpaired) electrons. The first-order valence-electron chi connectivity index (χ1n) is 6.98. The smallest absolute Gasteiger partial charge is 0.270 e. The lowest BCUT2D eigenvalue weighted by Crippen LogP contribution is -2.30. The van der Waals surface area contributed by atoms with Crippen molar-refractivity contribution in [2.45, 2.75) is 31.6 Å². The molecule has 1 fully saturated rings. The summed E-state index contributed by atoms with van der Waals surface area (Å²) < 4.78 is 0. The number of halogens is 1. The fourth-order valence-electron chi connectivity index (χ4n) is 2.97. The predicted molar refractivity (Wildman–Crippen MR) is 79.7 cm³/mol. The molecule has 0 bridgehead atoms. The summed E-state index contributed by atoms with van der Waals surface area (Å²) in [6.45, 7) is -0.409. The SMILES string of the molecule is O=C1CCCC[C@H]1[C@@H](C[N+](=O)[O-])c1ccc([N+](=O)[O-])cc1Cl. The van der Waals surface area contributed by atoms with Crippen molar-refractivity contribution in [3.63, 3.8) is 0 Å². The summed E-state index contributed by atoms with van der Waals surface area (Å²) in [7, 11) is 0. The van der Waals surface area contributed by atoms with E-state index in [0.717, 1.165) is 12.8 Å². The number of ketones is 1. The number of non-ortho nitro benzene ring substituents is 1. The third-order valence-corrected chi connectivity index (χ3v) is 4.35. The minimum Gasteiger partial charge on any atom is -0.299 e. The van der Waals surface area contributed by atoms with E-state index in [0.29, 0.717) is 18.4 Å². The number of carbonyl (C=O) groups is 1. The van der Waals surface area contributed by atoms with E-state index in [-0.39, 0.29) is 16.5 Å². The molecule has 0 saturated heterocycles. The Balaban J connectivity index is 2.38. The maximum Gasteiger partial charge on any atom is 0.270 e. The Hall–Kier alpha value is -2.02. The first-order chi connectivity index (χ1) is 10.4. The summed E-state index contributed by atoms with van der Waals surface area (Å²) in [5, 5.41) is 21.8. The average molecular weight is 327 g/mol. The first kappa shape index (κ1) is 16.4. The molecule has 1 aromatic carbocycles. The second kappa shape index (κ2) is 6.83. The van der Waals surface area contributed by atoms with Gasteiger partial charge < -0.3 is 0 Å². The average Bonchev–Trinajstić information content (AvgIpc) is 2.45. The van der Waals surface area contributed by atoms with Crippen LogP contribution in [-0.4, -0.2) is 22.2 Å². The normalized spacial score (nSPS) is 19.7. The van der Waals surface area contributed by atoms with Gasteiger partial charge in [0.15, 0.2) is 0 Å². The van der Waals surface area contributed by atoms with Crippen LogP contribution in [0.25, 0.3) is 0 Å². The van der Waals surface area contributed by atoms with Crippen LogP contribution in [0.1, 0.15) is 37.2 Å². The highest BCUT2D eigenvalue weighted by molar-refractivity contribution is 6.31. The van der Waals surface area contributed by atoms with E-state index in [2.05, 4.69) is 0 Å². The van der Waals surface area contributed by atoms with E-state index < -0.39 is 28.2 Å². The molecule has 22 heavy (non-hydrogen) atoms. The molecule has 2 rings (SSSR count). The summed E-state index contributed by atoms with van der Waals surface area (Å²) >= 11 is 6.08. The van der Waals surface area contributed by atoms with Gasteiger partial charge in [-0.25, -0.2) is 0 Å². The van der Waals surface area contributed by atoms with Crippen molar-refractivity contribution in [2.24, 2.45) is 5.92 Å². The van der Waals surface area contributed by atoms with Gasteiger partial charge in [-0.1, -0.05) is 24.1 Å². The van der Waals surface area contributed by atoms with Gasteiger partial charge in [0.25, 0.3) is 5.69 Å². The Morgan fingerprint density at radius 1 is 1.27 bits per heavy atom. The minimum atomic E-state index is -0.642. The zero-order valence-electron chi connectivity index (χ0n) is 11.7. The Morgan fingerprint density at radius 3 is 2.55 bits per heavy atom. The van der Waals surface area contributed by atoms with E-state index >= 15 is 0 Å². The predicted octanol–water partition coefficient (Wildman–Crippen LogP) is 3.37. The second-order valence-corrected chi connectivity index (χ2v) is 5.81. The lowest BCUT2D eigenvalue weighted by molar-refractivity contribution is -0.484. The van der Waals surface area contributed by atoms with Gasteiger partial charge in [0.05, 0.1) is 15.9 Å². The van der Waals surface area contributed by atoms with Gasteiger partial charge in [-0.15, -0.1) is 0 Å². The van der Waals surface area contributed by atoms with E-state index in [1.165, 1.54) is 18.2 Å². The van der Waals surface area contributed by atoms with Crippen molar-refractivity contribution in [1.82, 2.24) is 0 Å². The van der Waals surface area contributed by atoms with Gasteiger partial charge >= 0.3 is 0 Å². The van der Waals surface area contributed by atoms with Crippen LogP contribution in [0.3, 0.4) is 0 Å². The van der Waals surface area contributed by atoms with Crippen molar-refractivity contribution >= 4 is 23.1 Å². The van der Waals surface area contributed by atoms with Gasteiger partial charge in [-0.3, -0.25) is 25.0 Å². The van der Waals surface area contributed by atoms with Crippen LogP contribution in [0.2, 0.25) is 5.02 Å². The van der Waals surface area contributed by atoms with E-state index in [1.54, 1.807) is 0 Å². The molecule has 1 aromatic rings. The van der Waals surface area contributed by atoms with Crippen molar-refractivity contribution in [3.05, 3.63) is 49.0 Å². The van der Waals surface area contributed by atoms with Crippen LogP contribution in [0.5, 0.6) is 0 Å². The Morgan fingerprint density at radius 2 is 2.00 bits per heavy atom. The molecule has 2 atom stereocenters. The van der Waals surface area contributed by atoms with Gasteiger partial charge in [-0.05, 0) is 18.4 Å². The Labute approximate surface area is 131 Å². The van der Waals surface area contributed by atoms with Gasteiger partial charge in [0, 0.05) is 29.4 Å². The largest absolute Gasteiger partial charge is 0.299 e. The van der Waals surface area contributed by atoms with Crippen molar-refractivity contribution < 1.29 is 14.6 Å². The van der Waals surface area contributed by atoms with E-state index in [4.69, 9.17) is 11.6 Å². The van der Waals surface area contributed by atoms with Gasteiger partial charge in [0.1, 0.15) is 5.78 Å². The van der Waals surface area contributed by atoms with Crippen LogP contribution in [-0.2, 0) is 4.79 Å². The fraction of sp³-hybridized carbons (Fsp3) is 0.500. The van der Waals surface area contributed by atoms with Gasteiger partial charge in [-0.2, -0.15) is 0 Å². The highest BCUT2D eigenvalue weighted by Gasteiger charge is 2.35. The third-order valence-electron chi connectivity index (χ3n) is 4.03. The second-order valence-electron chi connectivity index (χ2n) is 5.40. The molecule has 0 aliphatic heterocycles. The highest BCUT2D eigenvalue weighted by atomic mass is 35.5. The number of carbonyl (C=O) groups excluding carboxylic acids is 1. The molecule has 0 unspecified atom stereocenters. The molecular weight excluding hydrogens is 312 g/mol. The first-order valence-corrected chi connectivity index (χ1v) is 7.36. The maximum absolute atomic E-state index is 12.1. The van der Waals surface area contributed by atoms with Crippen molar-refractivity contribution in [1.29, 1.82) is 0 Å². The topological polar surface area (TPSA) is 103 Å². The van der Waals surface area contributed by atoms with Crippen LogP contribution in [0.15, 0.2) is 18.2 Å². The maximum atomic E-state index is 12.1. The lowest BCUT2D eigenvalue weighted by atomic mass is 9.76. The number of nitro benzene ring substituents is 1. The molecule has 0 spiro atoms. The summed E-state index contributed by atoms with van der Waals surface area (Å²) in [5.41, 5.74) is 0.257. The molecule has 1 saturated carbocycles. The number of hydrogen-bond acceptors (Lipinski definition) is 5. The summed E-state index contributed by atoms with van der Waals surface area (Å²) in [4.78, 5) is 32.8. The van der Waals surface area contributed by atoms with Crippen LogP contribution >= 0.6 is 11.6 Å². The van der Waals surface area contributed by atoms with Crippen LogP contribution in [0.4, 0.5) is 5.69 Å². The molecule has 1 aliphatic carbocycles. The van der Waals surface area contributed by atoms with Crippen molar-refractivity contribution in [3.8, 4) is 0 Å². The molecule has 0 heterocycles. The molecule has 1 aliphatic rings. The van der Waals surface area contributed by atoms with E-state index in [9.17, 15) is 25.0 Å². The highest BCUT2D eigenvalue weighted by Crippen LogP contribution is 2.38. The molecule has 0 amide bonds. The number of rotatable bonds is 5. The quantitative estimate of drug-likeness (QED) is 0.609. The monoisotopic (exact) mass is 326 g/mol. The Bertz CT molecular complexity index is 619.